The Bertz CT molecular complexity index is 760. The van der Waals surface area contributed by atoms with E-state index in [1.165, 1.54) is 29.8 Å². The van der Waals surface area contributed by atoms with Crippen LogP contribution in [0.25, 0.3) is 21.5 Å². The van der Waals surface area contributed by atoms with Crippen molar-refractivity contribution < 1.29 is 13.2 Å². The number of hydrogen-bond donors (Lipinski definition) is 0. The van der Waals surface area contributed by atoms with Gasteiger partial charge in [0.15, 0.2) is 0 Å². The number of aryl methyl sites for hydroxylation is 1. The highest BCUT2D eigenvalue weighted by Crippen LogP contribution is 2.34. The summed E-state index contributed by atoms with van der Waals surface area (Å²) in [6.07, 6.45) is -2.89. The standard InChI is InChI=1S/C14H9F3N2S/c1-8-6-20-13-11(8)12(18-7-19-13)9-2-4-10(5-3-9)14(15,16)17/h2-7H,1H3. The van der Waals surface area contributed by atoms with Gasteiger partial charge in [-0.05, 0) is 30.0 Å². The molecule has 0 unspecified atom stereocenters. The van der Waals surface area contributed by atoms with Crippen molar-refractivity contribution in [3.05, 3.63) is 47.1 Å². The van der Waals surface area contributed by atoms with Gasteiger partial charge in [0, 0.05) is 10.9 Å². The van der Waals surface area contributed by atoms with Crippen molar-refractivity contribution in [2.75, 3.05) is 0 Å². The fraction of sp³-hybridized carbons (Fsp3) is 0.143. The normalized spacial score (nSPS) is 12.0. The highest BCUT2D eigenvalue weighted by molar-refractivity contribution is 7.17. The van der Waals surface area contributed by atoms with Crippen LogP contribution in [0.5, 0.6) is 0 Å². The van der Waals surface area contributed by atoms with Crippen molar-refractivity contribution in [3.8, 4) is 11.3 Å². The predicted molar refractivity (Wildman–Crippen MR) is 72.6 cm³/mol. The van der Waals surface area contributed by atoms with Gasteiger partial charge < -0.3 is 0 Å². The van der Waals surface area contributed by atoms with Gasteiger partial charge in [-0.2, -0.15) is 13.2 Å². The predicted octanol–water partition coefficient (Wildman–Crippen LogP) is 4.69. The average molecular weight is 294 g/mol. The van der Waals surface area contributed by atoms with Gasteiger partial charge in [0.1, 0.15) is 11.2 Å². The lowest BCUT2D eigenvalue weighted by molar-refractivity contribution is -0.137. The molecule has 6 heteroatoms. The Kier molecular flexibility index (Phi) is 2.97. The van der Waals surface area contributed by atoms with E-state index in [0.717, 1.165) is 27.9 Å². The topological polar surface area (TPSA) is 25.8 Å². The summed E-state index contributed by atoms with van der Waals surface area (Å²) in [4.78, 5) is 9.23. The van der Waals surface area contributed by atoms with Crippen molar-refractivity contribution >= 4 is 21.6 Å². The van der Waals surface area contributed by atoms with Crippen LogP contribution in [0.1, 0.15) is 11.1 Å². The zero-order valence-corrected chi connectivity index (χ0v) is 11.2. The van der Waals surface area contributed by atoms with Gasteiger partial charge in [0.2, 0.25) is 0 Å². The number of fused-ring (bicyclic) bond motifs is 1. The molecule has 0 aliphatic carbocycles. The van der Waals surface area contributed by atoms with E-state index in [9.17, 15) is 13.2 Å². The molecule has 102 valence electrons. The number of thiophene rings is 1. The van der Waals surface area contributed by atoms with Crippen molar-refractivity contribution in [1.29, 1.82) is 0 Å². The Balaban J connectivity index is 2.14. The van der Waals surface area contributed by atoms with E-state index in [1.54, 1.807) is 0 Å². The minimum absolute atomic E-state index is 0.659. The molecule has 0 fully saturated rings. The first kappa shape index (κ1) is 13.1. The number of alkyl halides is 3. The van der Waals surface area contributed by atoms with Gasteiger partial charge in [0.05, 0.1) is 11.3 Å². The lowest BCUT2D eigenvalue weighted by Crippen LogP contribution is -2.04. The second-order valence-corrected chi connectivity index (χ2v) is 5.25. The van der Waals surface area contributed by atoms with Gasteiger partial charge in [-0.3, -0.25) is 0 Å². The lowest BCUT2D eigenvalue weighted by Gasteiger charge is -2.08. The van der Waals surface area contributed by atoms with E-state index < -0.39 is 11.7 Å². The minimum atomic E-state index is -4.32. The van der Waals surface area contributed by atoms with Crippen LogP contribution < -0.4 is 0 Å². The molecule has 0 bridgehead atoms. The number of halogens is 3. The maximum Gasteiger partial charge on any atom is 0.416 e. The van der Waals surface area contributed by atoms with E-state index in [1.807, 2.05) is 12.3 Å². The molecule has 2 aromatic heterocycles. The van der Waals surface area contributed by atoms with Crippen molar-refractivity contribution in [1.82, 2.24) is 9.97 Å². The van der Waals surface area contributed by atoms with Crippen LogP contribution in [0.3, 0.4) is 0 Å². The fourth-order valence-electron chi connectivity index (χ4n) is 2.05. The summed E-state index contributed by atoms with van der Waals surface area (Å²) in [7, 11) is 0. The van der Waals surface area contributed by atoms with E-state index in [4.69, 9.17) is 0 Å². The molecule has 1 aromatic carbocycles. The summed E-state index contributed by atoms with van der Waals surface area (Å²) in [5, 5.41) is 2.87. The molecular weight excluding hydrogens is 285 g/mol. The first-order chi connectivity index (χ1) is 9.47. The number of rotatable bonds is 1. The van der Waals surface area contributed by atoms with E-state index in [2.05, 4.69) is 9.97 Å². The second-order valence-electron chi connectivity index (χ2n) is 4.40. The third-order valence-electron chi connectivity index (χ3n) is 3.04. The van der Waals surface area contributed by atoms with E-state index in [-0.39, 0.29) is 0 Å². The molecule has 0 saturated heterocycles. The van der Waals surface area contributed by atoms with Crippen LogP contribution in [-0.2, 0) is 6.18 Å². The van der Waals surface area contributed by atoms with Gasteiger partial charge in [0.25, 0.3) is 0 Å². The summed E-state index contributed by atoms with van der Waals surface area (Å²) in [5.74, 6) is 0. The lowest BCUT2D eigenvalue weighted by atomic mass is 10.0. The largest absolute Gasteiger partial charge is 0.416 e. The van der Waals surface area contributed by atoms with Crippen molar-refractivity contribution in [3.63, 3.8) is 0 Å². The maximum absolute atomic E-state index is 12.6. The zero-order valence-electron chi connectivity index (χ0n) is 10.4. The van der Waals surface area contributed by atoms with Crippen molar-refractivity contribution in [2.24, 2.45) is 0 Å². The van der Waals surface area contributed by atoms with Gasteiger partial charge >= 0.3 is 6.18 Å². The average Bonchev–Trinajstić information content (AvgIpc) is 2.80. The van der Waals surface area contributed by atoms with Gasteiger partial charge in [-0.25, -0.2) is 9.97 Å². The molecule has 3 rings (SSSR count). The summed E-state index contributed by atoms with van der Waals surface area (Å²) in [6, 6.07) is 5.04. The van der Waals surface area contributed by atoms with Gasteiger partial charge in [-0.1, -0.05) is 12.1 Å². The first-order valence-electron chi connectivity index (χ1n) is 5.83. The monoisotopic (exact) mass is 294 g/mol. The molecule has 0 aliphatic rings. The zero-order chi connectivity index (χ0) is 14.3. The van der Waals surface area contributed by atoms with Crippen molar-refractivity contribution in [2.45, 2.75) is 13.1 Å². The smallest absolute Gasteiger partial charge is 0.236 e. The molecule has 0 N–H and O–H groups in total. The van der Waals surface area contributed by atoms with Crippen LogP contribution >= 0.6 is 11.3 Å². The summed E-state index contributed by atoms with van der Waals surface area (Å²) >= 11 is 1.50. The van der Waals surface area contributed by atoms with Crippen LogP contribution in [0, 0.1) is 6.92 Å². The molecule has 0 atom stereocenters. The number of benzene rings is 1. The number of aromatic nitrogens is 2. The Hall–Kier alpha value is -1.95. The van der Waals surface area contributed by atoms with Crippen LogP contribution in [0.2, 0.25) is 0 Å². The molecule has 2 nitrogen and oxygen atoms in total. The Morgan fingerprint density at radius 3 is 2.40 bits per heavy atom. The minimum Gasteiger partial charge on any atom is -0.236 e. The fourth-order valence-corrected chi connectivity index (χ4v) is 2.94. The molecule has 0 aliphatic heterocycles. The molecular formula is C14H9F3N2S. The van der Waals surface area contributed by atoms with E-state index >= 15 is 0 Å². The van der Waals surface area contributed by atoms with Crippen LogP contribution in [0.4, 0.5) is 13.2 Å². The number of nitrogens with zero attached hydrogens (tertiary/aromatic N) is 2. The number of hydrogen-bond acceptors (Lipinski definition) is 3. The highest BCUT2D eigenvalue weighted by Gasteiger charge is 2.30. The summed E-state index contributed by atoms with van der Waals surface area (Å²) < 4.78 is 37.7. The van der Waals surface area contributed by atoms with Crippen LogP contribution in [0.15, 0.2) is 36.0 Å². The molecule has 0 spiro atoms. The third-order valence-corrected chi connectivity index (χ3v) is 4.04. The Morgan fingerprint density at radius 1 is 1.05 bits per heavy atom. The summed E-state index contributed by atoms with van der Waals surface area (Å²) in [6.45, 7) is 1.94. The third kappa shape index (κ3) is 2.16. The Labute approximate surface area is 116 Å². The summed E-state index contributed by atoms with van der Waals surface area (Å²) in [5.41, 5.74) is 1.70. The molecule has 0 radical (unpaired) electrons. The SMILES string of the molecule is Cc1csc2ncnc(-c3ccc(C(F)(F)F)cc3)c12. The quantitative estimate of drug-likeness (QED) is 0.651. The molecule has 0 amide bonds. The Morgan fingerprint density at radius 2 is 1.75 bits per heavy atom. The molecule has 2 heterocycles. The van der Waals surface area contributed by atoms with Crippen LogP contribution in [-0.4, -0.2) is 9.97 Å². The first-order valence-corrected chi connectivity index (χ1v) is 6.71. The maximum atomic E-state index is 12.6. The highest BCUT2D eigenvalue weighted by atomic mass is 32.1. The van der Waals surface area contributed by atoms with Gasteiger partial charge in [-0.15, -0.1) is 11.3 Å². The van der Waals surface area contributed by atoms with E-state index in [0.29, 0.717) is 11.3 Å². The molecule has 20 heavy (non-hydrogen) atoms. The molecule has 0 saturated carbocycles. The molecule has 3 aromatic rings. The second kappa shape index (κ2) is 4.56.